The van der Waals surface area contributed by atoms with Gasteiger partial charge in [-0.25, -0.2) is 0 Å². The van der Waals surface area contributed by atoms with Crippen LogP contribution in [0.5, 0.6) is 5.75 Å². The van der Waals surface area contributed by atoms with Crippen LogP contribution in [-0.2, 0) is 22.6 Å². The highest BCUT2D eigenvalue weighted by Crippen LogP contribution is 2.23. The summed E-state index contributed by atoms with van der Waals surface area (Å²) in [5.74, 6) is 0.509. The second-order valence-electron chi connectivity index (χ2n) is 5.83. The number of Topliss-reactive ketones (excluding diaryl/α,β-unsaturated/α-hetero) is 1. The van der Waals surface area contributed by atoms with E-state index in [0.29, 0.717) is 13.0 Å². The average molecular weight is 309 g/mol. The highest BCUT2D eigenvalue weighted by molar-refractivity contribution is 5.99. The van der Waals surface area contributed by atoms with E-state index >= 15 is 0 Å². The topological polar surface area (TPSA) is 55.4 Å². The van der Waals surface area contributed by atoms with Gasteiger partial charge in [0, 0.05) is 0 Å². The van der Waals surface area contributed by atoms with Gasteiger partial charge in [-0.05, 0) is 36.6 Å². The Morgan fingerprint density at radius 3 is 2.35 bits per heavy atom. The number of carbonyl (C=O) groups is 2. The van der Waals surface area contributed by atoms with Gasteiger partial charge in [-0.15, -0.1) is 0 Å². The van der Waals surface area contributed by atoms with E-state index in [2.05, 4.69) is 5.32 Å². The molecule has 0 bridgehead atoms. The Morgan fingerprint density at radius 1 is 1.04 bits per heavy atom. The van der Waals surface area contributed by atoms with Crippen LogP contribution >= 0.6 is 0 Å². The molecule has 0 aromatic heterocycles. The Bertz CT molecular complexity index is 694. The minimum Gasteiger partial charge on any atom is -0.489 e. The summed E-state index contributed by atoms with van der Waals surface area (Å²) in [7, 11) is 0. The van der Waals surface area contributed by atoms with Gasteiger partial charge in [-0.1, -0.05) is 42.5 Å². The number of benzene rings is 2. The monoisotopic (exact) mass is 309 g/mol. The Labute approximate surface area is 135 Å². The van der Waals surface area contributed by atoms with Crippen LogP contribution in [0.1, 0.15) is 18.1 Å². The molecule has 1 fully saturated rings. The molecule has 0 radical (unpaired) electrons. The molecule has 1 heterocycles. The van der Waals surface area contributed by atoms with Crippen molar-refractivity contribution < 1.29 is 14.3 Å². The smallest absolute Gasteiger partial charge is 0.226 e. The van der Waals surface area contributed by atoms with E-state index in [9.17, 15) is 9.59 Å². The van der Waals surface area contributed by atoms with E-state index in [-0.39, 0.29) is 23.7 Å². The molecule has 0 unspecified atom stereocenters. The summed E-state index contributed by atoms with van der Waals surface area (Å²) in [6, 6.07) is 17.3. The third kappa shape index (κ3) is 3.59. The van der Waals surface area contributed by atoms with Crippen molar-refractivity contribution in [1.82, 2.24) is 5.32 Å². The molecule has 3 rings (SSSR count). The molecule has 0 saturated carbocycles. The van der Waals surface area contributed by atoms with E-state index in [1.165, 1.54) is 6.92 Å². The first-order chi connectivity index (χ1) is 11.1. The normalized spacial score (nSPS) is 19.6. The lowest BCUT2D eigenvalue weighted by atomic mass is 9.83. The maximum Gasteiger partial charge on any atom is 0.226 e. The summed E-state index contributed by atoms with van der Waals surface area (Å²) in [4.78, 5) is 23.0. The van der Waals surface area contributed by atoms with Gasteiger partial charge in [-0.3, -0.25) is 9.59 Å². The standard InChI is InChI=1S/C19H19NO3/c1-13(21)18-17(19(22)20-18)11-14-7-9-16(10-8-14)23-12-15-5-3-2-4-6-15/h2-10,17-18H,11-12H2,1H3,(H,20,22)/t17-,18+/m0/s1. The zero-order valence-electron chi connectivity index (χ0n) is 13.0. The highest BCUT2D eigenvalue weighted by atomic mass is 16.5. The minimum absolute atomic E-state index is 0.0115. The Balaban J connectivity index is 1.57. The number of hydrogen-bond donors (Lipinski definition) is 1. The van der Waals surface area contributed by atoms with Crippen molar-refractivity contribution in [3.8, 4) is 5.75 Å². The van der Waals surface area contributed by atoms with Crippen LogP contribution in [0.15, 0.2) is 54.6 Å². The van der Waals surface area contributed by atoms with Crippen molar-refractivity contribution in [3.63, 3.8) is 0 Å². The van der Waals surface area contributed by atoms with Gasteiger partial charge < -0.3 is 10.1 Å². The molecular weight excluding hydrogens is 290 g/mol. The number of ketones is 1. The van der Waals surface area contributed by atoms with Gasteiger partial charge >= 0.3 is 0 Å². The van der Waals surface area contributed by atoms with Crippen molar-refractivity contribution in [2.24, 2.45) is 5.92 Å². The minimum atomic E-state index is -0.337. The quantitative estimate of drug-likeness (QED) is 0.834. The van der Waals surface area contributed by atoms with Crippen molar-refractivity contribution in [3.05, 3.63) is 65.7 Å². The largest absolute Gasteiger partial charge is 0.489 e. The van der Waals surface area contributed by atoms with Gasteiger partial charge in [0.15, 0.2) is 5.78 Å². The van der Waals surface area contributed by atoms with Gasteiger partial charge in [0.25, 0.3) is 0 Å². The van der Waals surface area contributed by atoms with Gasteiger partial charge in [0.05, 0.1) is 12.0 Å². The molecule has 2 aromatic carbocycles. The molecule has 1 N–H and O–H groups in total. The molecule has 118 valence electrons. The molecule has 1 amide bonds. The van der Waals surface area contributed by atoms with Crippen molar-refractivity contribution in [2.75, 3.05) is 0 Å². The van der Waals surface area contributed by atoms with Crippen LogP contribution in [0.4, 0.5) is 0 Å². The van der Waals surface area contributed by atoms with Crippen LogP contribution < -0.4 is 10.1 Å². The number of hydrogen-bond acceptors (Lipinski definition) is 3. The molecule has 4 heteroatoms. The van der Waals surface area contributed by atoms with Crippen LogP contribution in [0.3, 0.4) is 0 Å². The summed E-state index contributed by atoms with van der Waals surface area (Å²) in [5, 5.41) is 2.65. The number of nitrogens with one attached hydrogen (secondary N) is 1. The first-order valence-electron chi connectivity index (χ1n) is 7.70. The van der Waals surface area contributed by atoms with Crippen molar-refractivity contribution >= 4 is 11.7 Å². The highest BCUT2D eigenvalue weighted by Gasteiger charge is 2.41. The van der Waals surface area contributed by atoms with Crippen LogP contribution in [0, 0.1) is 5.92 Å². The zero-order valence-corrected chi connectivity index (χ0v) is 13.0. The Kier molecular flexibility index (Phi) is 4.42. The molecule has 1 aliphatic rings. The lowest BCUT2D eigenvalue weighted by Crippen LogP contribution is -2.62. The number of ether oxygens (including phenoxy) is 1. The van der Waals surface area contributed by atoms with Crippen LogP contribution in [0.25, 0.3) is 0 Å². The molecule has 0 spiro atoms. The van der Waals surface area contributed by atoms with E-state index in [0.717, 1.165) is 16.9 Å². The third-order valence-corrected chi connectivity index (χ3v) is 4.10. The number of β-lactam (4-membered cyclic amide) rings is 1. The van der Waals surface area contributed by atoms with E-state index in [4.69, 9.17) is 4.74 Å². The summed E-state index contributed by atoms with van der Waals surface area (Å²) in [6.45, 7) is 2.04. The fraction of sp³-hybridized carbons (Fsp3) is 0.263. The zero-order chi connectivity index (χ0) is 16.2. The maximum atomic E-state index is 11.6. The lowest BCUT2D eigenvalue weighted by Gasteiger charge is -2.35. The molecule has 1 saturated heterocycles. The number of rotatable bonds is 6. The molecule has 2 atom stereocenters. The molecule has 2 aromatic rings. The fourth-order valence-electron chi connectivity index (χ4n) is 2.73. The second-order valence-corrected chi connectivity index (χ2v) is 5.83. The van der Waals surface area contributed by atoms with E-state index in [1.54, 1.807) is 0 Å². The van der Waals surface area contributed by atoms with Gasteiger partial charge in [0.2, 0.25) is 5.91 Å². The molecule has 0 aliphatic carbocycles. The van der Waals surface area contributed by atoms with E-state index in [1.807, 2.05) is 54.6 Å². The molecule has 23 heavy (non-hydrogen) atoms. The van der Waals surface area contributed by atoms with Crippen molar-refractivity contribution in [2.45, 2.75) is 26.0 Å². The SMILES string of the molecule is CC(=O)[C@H]1NC(=O)[C@H]1Cc1ccc(OCc2ccccc2)cc1. The third-order valence-electron chi connectivity index (χ3n) is 4.10. The first kappa shape index (κ1) is 15.3. The maximum absolute atomic E-state index is 11.6. The van der Waals surface area contributed by atoms with E-state index < -0.39 is 0 Å². The first-order valence-corrected chi connectivity index (χ1v) is 7.70. The summed E-state index contributed by atoms with van der Waals surface area (Å²) in [6.07, 6.45) is 0.578. The molecule has 1 aliphatic heterocycles. The molecular formula is C19H19NO3. The predicted octanol–water partition coefficient (Wildman–Crippen LogP) is 2.51. The Morgan fingerprint density at radius 2 is 1.74 bits per heavy atom. The fourth-order valence-corrected chi connectivity index (χ4v) is 2.73. The number of carbonyl (C=O) groups excluding carboxylic acids is 2. The molecule has 4 nitrogen and oxygen atoms in total. The second kappa shape index (κ2) is 6.65. The van der Waals surface area contributed by atoms with Crippen LogP contribution in [-0.4, -0.2) is 17.7 Å². The average Bonchev–Trinajstić information content (AvgIpc) is 2.57. The summed E-state index contributed by atoms with van der Waals surface area (Å²) in [5.41, 5.74) is 2.15. The summed E-state index contributed by atoms with van der Waals surface area (Å²) >= 11 is 0. The van der Waals surface area contributed by atoms with Crippen molar-refractivity contribution in [1.29, 1.82) is 0 Å². The predicted molar refractivity (Wildman–Crippen MR) is 87.0 cm³/mol. The van der Waals surface area contributed by atoms with Gasteiger partial charge in [-0.2, -0.15) is 0 Å². The van der Waals surface area contributed by atoms with Crippen LogP contribution in [0.2, 0.25) is 0 Å². The van der Waals surface area contributed by atoms with Gasteiger partial charge in [0.1, 0.15) is 12.4 Å². The summed E-state index contributed by atoms with van der Waals surface area (Å²) < 4.78 is 5.74. The number of amides is 1. The lowest BCUT2D eigenvalue weighted by molar-refractivity contribution is -0.141. The Hall–Kier alpha value is -2.62.